The minimum absolute atomic E-state index is 0.0134. The molecule has 1 saturated carbocycles. The second-order valence-electron chi connectivity index (χ2n) is 6.09. The Kier molecular flexibility index (Phi) is 4.44. The fourth-order valence-corrected chi connectivity index (χ4v) is 3.02. The summed E-state index contributed by atoms with van der Waals surface area (Å²) in [5.41, 5.74) is 2.58. The van der Waals surface area contributed by atoms with E-state index in [0.29, 0.717) is 12.0 Å². The molecule has 2 aliphatic carbocycles. The lowest BCUT2D eigenvalue weighted by molar-refractivity contribution is -0.123. The Balaban J connectivity index is 1.61. The molecule has 1 unspecified atom stereocenters. The molecule has 0 bridgehead atoms. The smallest absolute Gasteiger partial charge is 0.257 e. The van der Waals surface area contributed by atoms with Crippen molar-refractivity contribution in [1.82, 2.24) is 10.6 Å². The topological polar surface area (TPSA) is 50.4 Å². The van der Waals surface area contributed by atoms with Gasteiger partial charge < -0.3 is 15.4 Å². The SMILES string of the molecule is CNC1CCCc2c(OCC(=O)NCC3CC3)cccc21. The summed E-state index contributed by atoms with van der Waals surface area (Å²) in [6, 6.07) is 6.56. The third-order valence-corrected chi connectivity index (χ3v) is 4.46. The number of benzene rings is 1. The molecule has 4 heteroatoms. The van der Waals surface area contributed by atoms with Gasteiger partial charge >= 0.3 is 0 Å². The molecule has 1 aromatic rings. The normalized spacial score (nSPS) is 20.7. The van der Waals surface area contributed by atoms with E-state index in [4.69, 9.17) is 4.74 Å². The van der Waals surface area contributed by atoms with E-state index < -0.39 is 0 Å². The van der Waals surface area contributed by atoms with E-state index in [1.165, 1.54) is 24.0 Å². The molecule has 4 nitrogen and oxygen atoms in total. The van der Waals surface area contributed by atoms with Gasteiger partial charge in [0, 0.05) is 12.6 Å². The molecule has 0 aliphatic heterocycles. The summed E-state index contributed by atoms with van der Waals surface area (Å²) in [5.74, 6) is 1.56. The molecule has 114 valence electrons. The summed E-state index contributed by atoms with van der Waals surface area (Å²) in [6.07, 6.45) is 5.85. The van der Waals surface area contributed by atoms with Crippen molar-refractivity contribution in [2.24, 2.45) is 5.92 Å². The van der Waals surface area contributed by atoms with Gasteiger partial charge in [-0.2, -0.15) is 0 Å². The highest BCUT2D eigenvalue weighted by molar-refractivity contribution is 5.77. The highest BCUT2D eigenvalue weighted by Crippen LogP contribution is 2.35. The summed E-state index contributed by atoms with van der Waals surface area (Å²) in [4.78, 5) is 11.8. The van der Waals surface area contributed by atoms with Crippen LogP contribution >= 0.6 is 0 Å². The molecule has 1 atom stereocenters. The van der Waals surface area contributed by atoms with Crippen LogP contribution in [-0.2, 0) is 11.2 Å². The third kappa shape index (κ3) is 3.56. The van der Waals surface area contributed by atoms with Crippen LogP contribution in [0.1, 0.15) is 42.9 Å². The Morgan fingerprint density at radius 2 is 2.19 bits per heavy atom. The first kappa shape index (κ1) is 14.4. The lowest BCUT2D eigenvalue weighted by Gasteiger charge is -2.26. The Morgan fingerprint density at radius 1 is 1.33 bits per heavy atom. The molecule has 0 aromatic heterocycles. The zero-order chi connectivity index (χ0) is 14.7. The van der Waals surface area contributed by atoms with Gasteiger partial charge in [0.2, 0.25) is 0 Å². The van der Waals surface area contributed by atoms with Gasteiger partial charge in [-0.05, 0) is 62.3 Å². The van der Waals surface area contributed by atoms with E-state index in [0.717, 1.165) is 31.6 Å². The number of amides is 1. The van der Waals surface area contributed by atoms with Crippen molar-refractivity contribution in [1.29, 1.82) is 0 Å². The van der Waals surface area contributed by atoms with Gasteiger partial charge in [0.15, 0.2) is 6.61 Å². The largest absolute Gasteiger partial charge is 0.483 e. The zero-order valence-corrected chi connectivity index (χ0v) is 12.7. The van der Waals surface area contributed by atoms with Crippen LogP contribution in [0.2, 0.25) is 0 Å². The summed E-state index contributed by atoms with van der Waals surface area (Å²) in [7, 11) is 2.00. The van der Waals surface area contributed by atoms with Crippen molar-refractivity contribution in [3.05, 3.63) is 29.3 Å². The van der Waals surface area contributed by atoms with Crippen LogP contribution in [0, 0.1) is 5.92 Å². The van der Waals surface area contributed by atoms with Crippen molar-refractivity contribution in [3.63, 3.8) is 0 Å². The van der Waals surface area contributed by atoms with E-state index in [1.54, 1.807) is 0 Å². The van der Waals surface area contributed by atoms with E-state index in [2.05, 4.69) is 16.7 Å². The van der Waals surface area contributed by atoms with Gasteiger partial charge in [0.1, 0.15) is 5.75 Å². The number of carbonyl (C=O) groups excluding carboxylic acids is 1. The van der Waals surface area contributed by atoms with Crippen molar-refractivity contribution in [2.75, 3.05) is 20.2 Å². The van der Waals surface area contributed by atoms with Crippen molar-refractivity contribution >= 4 is 5.91 Å². The Hall–Kier alpha value is -1.55. The Morgan fingerprint density at radius 3 is 2.95 bits per heavy atom. The van der Waals surface area contributed by atoms with Crippen LogP contribution in [0.4, 0.5) is 0 Å². The summed E-state index contributed by atoms with van der Waals surface area (Å²) >= 11 is 0. The van der Waals surface area contributed by atoms with Gasteiger partial charge in [-0.3, -0.25) is 4.79 Å². The molecule has 21 heavy (non-hydrogen) atoms. The molecule has 0 radical (unpaired) electrons. The van der Waals surface area contributed by atoms with Gasteiger partial charge in [0.05, 0.1) is 0 Å². The number of hydrogen-bond donors (Lipinski definition) is 2. The first-order chi connectivity index (χ1) is 10.3. The molecular formula is C17H24N2O2. The molecule has 2 N–H and O–H groups in total. The standard InChI is InChI=1S/C17H24N2O2/c1-18-15-6-2-5-14-13(15)4-3-7-16(14)21-11-17(20)19-10-12-8-9-12/h3-4,7,12,15,18H,2,5-6,8-11H2,1H3,(H,19,20). The maximum Gasteiger partial charge on any atom is 0.257 e. The maximum absolute atomic E-state index is 11.8. The fraction of sp³-hybridized carbons (Fsp3) is 0.588. The second kappa shape index (κ2) is 6.48. The molecule has 1 aromatic carbocycles. The van der Waals surface area contributed by atoms with Gasteiger partial charge in [0.25, 0.3) is 5.91 Å². The molecule has 0 saturated heterocycles. The molecule has 1 amide bonds. The monoisotopic (exact) mass is 288 g/mol. The third-order valence-electron chi connectivity index (χ3n) is 4.46. The predicted molar refractivity (Wildman–Crippen MR) is 82.4 cm³/mol. The average molecular weight is 288 g/mol. The summed E-state index contributed by atoms with van der Waals surface area (Å²) < 4.78 is 5.77. The number of fused-ring (bicyclic) bond motifs is 1. The molecule has 1 fully saturated rings. The van der Waals surface area contributed by atoms with Crippen LogP contribution in [0.15, 0.2) is 18.2 Å². The highest BCUT2D eigenvalue weighted by Gasteiger charge is 2.23. The zero-order valence-electron chi connectivity index (χ0n) is 12.7. The van der Waals surface area contributed by atoms with Gasteiger partial charge in [-0.15, -0.1) is 0 Å². The van der Waals surface area contributed by atoms with Crippen LogP contribution < -0.4 is 15.4 Å². The average Bonchev–Trinajstić information content (AvgIpc) is 3.34. The Bertz CT molecular complexity index is 512. The summed E-state index contributed by atoms with van der Waals surface area (Å²) in [6.45, 7) is 0.921. The molecule has 0 spiro atoms. The van der Waals surface area contributed by atoms with E-state index in [-0.39, 0.29) is 12.5 Å². The molecule has 3 rings (SSSR count). The lowest BCUT2D eigenvalue weighted by atomic mass is 9.87. The van der Waals surface area contributed by atoms with Gasteiger partial charge in [-0.25, -0.2) is 0 Å². The van der Waals surface area contributed by atoms with Crippen LogP contribution in [0.5, 0.6) is 5.75 Å². The first-order valence-corrected chi connectivity index (χ1v) is 7.96. The number of nitrogens with one attached hydrogen (secondary N) is 2. The number of carbonyl (C=O) groups is 1. The lowest BCUT2D eigenvalue weighted by Crippen LogP contribution is -2.30. The molecule has 2 aliphatic rings. The van der Waals surface area contributed by atoms with Gasteiger partial charge in [-0.1, -0.05) is 12.1 Å². The number of hydrogen-bond acceptors (Lipinski definition) is 3. The Labute approximate surface area is 126 Å². The van der Waals surface area contributed by atoms with Crippen molar-refractivity contribution in [3.8, 4) is 5.75 Å². The first-order valence-electron chi connectivity index (χ1n) is 7.96. The fourth-order valence-electron chi connectivity index (χ4n) is 3.02. The quantitative estimate of drug-likeness (QED) is 0.843. The van der Waals surface area contributed by atoms with E-state index in [1.807, 2.05) is 19.2 Å². The van der Waals surface area contributed by atoms with Crippen LogP contribution in [-0.4, -0.2) is 26.1 Å². The highest BCUT2D eigenvalue weighted by atomic mass is 16.5. The molecule has 0 heterocycles. The minimum Gasteiger partial charge on any atom is -0.483 e. The van der Waals surface area contributed by atoms with E-state index >= 15 is 0 Å². The summed E-state index contributed by atoms with van der Waals surface area (Å²) in [5, 5.41) is 6.30. The van der Waals surface area contributed by atoms with E-state index in [9.17, 15) is 4.79 Å². The van der Waals surface area contributed by atoms with Crippen LogP contribution in [0.25, 0.3) is 0 Å². The predicted octanol–water partition coefficient (Wildman–Crippen LogP) is 2.19. The second-order valence-corrected chi connectivity index (χ2v) is 6.09. The van der Waals surface area contributed by atoms with Crippen LogP contribution in [0.3, 0.4) is 0 Å². The van der Waals surface area contributed by atoms with Crippen molar-refractivity contribution in [2.45, 2.75) is 38.1 Å². The molecular weight excluding hydrogens is 264 g/mol. The number of ether oxygens (including phenoxy) is 1. The number of rotatable bonds is 6. The minimum atomic E-state index is -0.0134. The maximum atomic E-state index is 11.8. The van der Waals surface area contributed by atoms with Crippen molar-refractivity contribution < 1.29 is 9.53 Å².